The van der Waals surface area contributed by atoms with Gasteiger partial charge in [-0.2, -0.15) is 10.2 Å². The lowest BCUT2D eigenvalue weighted by Crippen LogP contribution is -1.99. The first-order chi connectivity index (χ1) is 9.67. The lowest BCUT2D eigenvalue weighted by Gasteiger charge is -2.04. The highest BCUT2D eigenvalue weighted by atomic mass is 15.3. The summed E-state index contributed by atoms with van der Waals surface area (Å²) in [6, 6.07) is 2.07. The summed E-state index contributed by atoms with van der Waals surface area (Å²) in [5.41, 5.74) is 3.94. The van der Waals surface area contributed by atoms with Crippen LogP contribution in [0.5, 0.6) is 0 Å². The number of nitrogens with zero attached hydrogens (tertiary/aromatic N) is 5. The van der Waals surface area contributed by atoms with Crippen molar-refractivity contribution in [1.82, 2.24) is 24.5 Å². The zero-order valence-corrected chi connectivity index (χ0v) is 11.5. The molecule has 0 spiro atoms. The standard InChI is InChI=1S/C14H16N6/c1-4-20-9-11(7-17-20)6-15-12-5-13-10(2)18-19(3)14(13)16-8-12/h4-5,7-9,15H,1,6H2,2-3H3. The minimum atomic E-state index is 0.695. The molecule has 102 valence electrons. The van der Waals surface area contributed by atoms with Crippen LogP contribution in [0.25, 0.3) is 17.2 Å². The molecular weight excluding hydrogens is 252 g/mol. The summed E-state index contributed by atoms with van der Waals surface area (Å²) in [5, 5.41) is 12.9. The molecule has 0 radical (unpaired) electrons. The molecule has 0 fully saturated rings. The largest absolute Gasteiger partial charge is 0.380 e. The van der Waals surface area contributed by atoms with Gasteiger partial charge in [0.25, 0.3) is 0 Å². The van der Waals surface area contributed by atoms with Gasteiger partial charge in [-0.05, 0) is 13.0 Å². The minimum absolute atomic E-state index is 0.695. The van der Waals surface area contributed by atoms with Gasteiger partial charge in [-0.25, -0.2) is 9.67 Å². The van der Waals surface area contributed by atoms with Crippen molar-refractivity contribution in [3.8, 4) is 0 Å². The third-order valence-electron chi connectivity index (χ3n) is 3.20. The van der Waals surface area contributed by atoms with Crippen molar-refractivity contribution >= 4 is 22.9 Å². The third kappa shape index (κ3) is 2.16. The van der Waals surface area contributed by atoms with Gasteiger partial charge >= 0.3 is 0 Å². The molecule has 1 N–H and O–H groups in total. The molecule has 0 saturated carbocycles. The summed E-state index contributed by atoms with van der Waals surface area (Å²) in [7, 11) is 1.90. The van der Waals surface area contributed by atoms with Crippen molar-refractivity contribution in [1.29, 1.82) is 0 Å². The van der Waals surface area contributed by atoms with Gasteiger partial charge in [0.1, 0.15) is 0 Å². The molecule has 0 saturated heterocycles. The van der Waals surface area contributed by atoms with Crippen molar-refractivity contribution in [3.05, 3.63) is 42.5 Å². The molecule has 6 heteroatoms. The molecular formula is C14H16N6. The summed E-state index contributed by atoms with van der Waals surface area (Å²) in [4.78, 5) is 4.44. The van der Waals surface area contributed by atoms with E-state index in [1.807, 2.05) is 32.6 Å². The summed E-state index contributed by atoms with van der Waals surface area (Å²) in [6.45, 7) is 6.35. The highest BCUT2D eigenvalue weighted by Gasteiger charge is 2.07. The highest BCUT2D eigenvalue weighted by Crippen LogP contribution is 2.19. The van der Waals surface area contributed by atoms with E-state index in [-0.39, 0.29) is 0 Å². The average Bonchev–Trinajstić information content (AvgIpc) is 3.02. The number of aryl methyl sites for hydroxylation is 2. The van der Waals surface area contributed by atoms with Crippen LogP contribution in [-0.4, -0.2) is 24.5 Å². The average molecular weight is 268 g/mol. The Labute approximate surface area is 116 Å². The molecule has 6 nitrogen and oxygen atoms in total. The van der Waals surface area contributed by atoms with E-state index in [0.717, 1.165) is 28.0 Å². The van der Waals surface area contributed by atoms with Crippen LogP contribution < -0.4 is 5.32 Å². The second kappa shape index (κ2) is 4.80. The molecule has 3 aromatic rings. The Bertz CT molecular complexity index is 767. The zero-order chi connectivity index (χ0) is 14.1. The maximum Gasteiger partial charge on any atom is 0.157 e. The van der Waals surface area contributed by atoms with Gasteiger partial charge in [0.2, 0.25) is 0 Å². The van der Waals surface area contributed by atoms with Crippen molar-refractivity contribution < 1.29 is 0 Å². The van der Waals surface area contributed by atoms with Crippen LogP contribution in [0.4, 0.5) is 5.69 Å². The van der Waals surface area contributed by atoms with Crippen molar-refractivity contribution in [3.63, 3.8) is 0 Å². The second-order valence-electron chi connectivity index (χ2n) is 4.67. The number of fused-ring (bicyclic) bond motifs is 1. The van der Waals surface area contributed by atoms with E-state index in [2.05, 4.69) is 33.1 Å². The van der Waals surface area contributed by atoms with Crippen LogP contribution in [0.1, 0.15) is 11.3 Å². The molecule has 0 atom stereocenters. The van der Waals surface area contributed by atoms with Gasteiger partial charge in [0.05, 0.1) is 23.8 Å². The molecule has 3 heterocycles. The Morgan fingerprint density at radius 3 is 3.00 bits per heavy atom. The van der Waals surface area contributed by atoms with E-state index in [1.54, 1.807) is 15.6 Å². The van der Waals surface area contributed by atoms with Crippen LogP contribution in [-0.2, 0) is 13.6 Å². The fraction of sp³-hybridized carbons (Fsp3) is 0.214. The van der Waals surface area contributed by atoms with Gasteiger partial charge in [-0.1, -0.05) is 6.58 Å². The molecule has 0 aromatic carbocycles. The quantitative estimate of drug-likeness (QED) is 0.788. The second-order valence-corrected chi connectivity index (χ2v) is 4.67. The monoisotopic (exact) mass is 268 g/mol. The first-order valence-electron chi connectivity index (χ1n) is 6.36. The lowest BCUT2D eigenvalue weighted by atomic mass is 10.2. The molecule has 0 aliphatic carbocycles. The molecule has 0 unspecified atom stereocenters. The van der Waals surface area contributed by atoms with E-state index in [9.17, 15) is 0 Å². The van der Waals surface area contributed by atoms with E-state index < -0.39 is 0 Å². The Balaban J connectivity index is 1.80. The molecule has 20 heavy (non-hydrogen) atoms. The van der Waals surface area contributed by atoms with E-state index >= 15 is 0 Å². The number of rotatable bonds is 4. The number of nitrogens with one attached hydrogen (secondary N) is 1. The topological polar surface area (TPSA) is 60.6 Å². The van der Waals surface area contributed by atoms with Gasteiger partial charge < -0.3 is 5.32 Å². The SMILES string of the molecule is C=Cn1cc(CNc2cnc3c(c2)c(C)nn3C)cn1. The first kappa shape index (κ1) is 12.4. The Morgan fingerprint density at radius 2 is 2.25 bits per heavy atom. The van der Waals surface area contributed by atoms with Gasteiger partial charge in [-0.3, -0.25) is 4.68 Å². The molecule has 0 bridgehead atoms. The van der Waals surface area contributed by atoms with Crippen LogP contribution in [0, 0.1) is 6.92 Å². The number of pyridine rings is 1. The van der Waals surface area contributed by atoms with Crippen LogP contribution in [0.15, 0.2) is 31.2 Å². The smallest absolute Gasteiger partial charge is 0.157 e. The van der Waals surface area contributed by atoms with E-state index in [0.29, 0.717) is 6.54 Å². The lowest BCUT2D eigenvalue weighted by molar-refractivity contribution is 0.774. The molecule has 3 rings (SSSR count). The van der Waals surface area contributed by atoms with E-state index in [1.165, 1.54) is 0 Å². The normalized spacial score (nSPS) is 10.9. The van der Waals surface area contributed by atoms with Crippen LogP contribution in [0.2, 0.25) is 0 Å². The number of hydrogen-bond donors (Lipinski definition) is 1. The fourth-order valence-electron chi connectivity index (χ4n) is 2.18. The number of hydrogen-bond acceptors (Lipinski definition) is 4. The maximum atomic E-state index is 4.44. The predicted molar refractivity (Wildman–Crippen MR) is 79.2 cm³/mol. The predicted octanol–water partition coefficient (Wildman–Crippen LogP) is 2.19. The Kier molecular flexibility index (Phi) is 2.98. The van der Waals surface area contributed by atoms with Crippen molar-refractivity contribution in [2.24, 2.45) is 7.05 Å². The van der Waals surface area contributed by atoms with Crippen molar-refractivity contribution in [2.45, 2.75) is 13.5 Å². The van der Waals surface area contributed by atoms with Gasteiger partial charge in [0.15, 0.2) is 5.65 Å². The molecule has 0 aliphatic rings. The first-order valence-corrected chi connectivity index (χ1v) is 6.36. The number of anilines is 1. The fourth-order valence-corrected chi connectivity index (χ4v) is 2.18. The summed E-state index contributed by atoms with van der Waals surface area (Å²) >= 11 is 0. The Morgan fingerprint density at radius 1 is 1.40 bits per heavy atom. The third-order valence-corrected chi connectivity index (χ3v) is 3.20. The molecule has 0 amide bonds. The minimum Gasteiger partial charge on any atom is -0.380 e. The van der Waals surface area contributed by atoms with Crippen molar-refractivity contribution in [2.75, 3.05) is 5.32 Å². The molecule has 3 aromatic heterocycles. The maximum absolute atomic E-state index is 4.44. The Hall–Kier alpha value is -2.63. The van der Waals surface area contributed by atoms with Crippen LogP contribution >= 0.6 is 0 Å². The molecule has 0 aliphatic heterocycles. The zero-order valence-electron chi connectivity index (χ0n) is 11.5. The summed E-state index contributed by atoms with van der Waals surface area (Å²) in [6.07, 6.45) is 7.23. The highest BCUT2D eigenvalue weighted by molar-refractivity contribution is 5.81. The summed E-state index contributed by atoms with van der Waals surface area (Å²) < 4.78 is 3.48. The van der Waals surface area contributed by atoms with E-state index in [4.69, 9.17) is 0 Å². The summed E-state index contributed by atoms with van der Waals surface area (Å²) in [5.74, 6) is 0. The van der Waals surface area contributed by atoms with Gasteiger partial charge in [-0.15, -0.1) is 0 Å². The van der Waals surface area contributed by atoms with Gasteiger partial charge in [0, 0.05) is 36.9 Å². The number of aromatic nitrogens is 5. The van der Waals surface area contributed by atoms with Crippen LogP contribution in [0.3, 0.4) is 0 Å².